The molecule has 0 bridgehead atoms. The van der Waals surface area contributed by atoms with Crippen LogP contribution in [0.1, 0.15) is 66.2 Å². The number of carbonyl (C=O) groups excluding carboxylic acids is 1. The van der Waals surface area contributed by atoms with Crippen LogP contribution in [-0.2, 0) is 9.53 Å². The van der Waals surface area contributed by atoms with Gasteiger partial charge in [0, 0.05) is 6.04 Å². The summed E-state index contributed by atoms with van der Waals surface area (Å²) in [5.41, 5.74) is 6.66. The van der Waals surface area contributed by atoms with E-state index >= 15 is 0 Å². The van der Waals surface area contributed by atoms with Gasteiger partial charge in [0.2, 0.25) is 0 Å². The van der Waals surface area contributed by atoms with Gasteiger partial charge in [-0.05, 0) is 55.3 Å². The number of hydrogen-bond acceptors (Lipinski definition) is 3. The van der Waals surface area contributed by atoms with Crippen molar-refractivity contribution in [1.29, 1.82) is 0 Å². The van der Waals surface area contributed by atoms with E-state index in [1.54, 1.807) is 0 Å². The van der Waals surface area contributed by atoms with Gasteiger partial charge in [-0.1, -0.05) is 27.7 Å². The van der Waals surface area contributed by atoms with Gasteiger partial charge >= 0.3 is 5.97 Å². The average Bonchev–Trinajstić information content (AvgIpc) is 2.42. The van der Waals surface area contributed by atoms with Crippen molar-refractivity contribution in [3.63, 3.8) is 0 Å². The maximum Gasteiger partial charge on any atom is 0.305 e. The predicted molar refractivity (Wildman–Crippen MR) is 83.3 cm³/mol. The first kappa shape index (κ1) is 17.5. The molecule has 1 aliphatic carbocycles. The Bertz CT molecular complexity index is 301. The van der Waals surface area contributed by atoms with Crippen molar-refractivity contribution < 1.29 is 9.53 Å². The molecule has 1 aliphatic rings. The maximum absolute atomic E-state index is 11.6. The molecule has 0 aliphatic heterocycles. The first-order chi connectivity index (χ1) is 9.29. The molecule has 1 fully saturated rings. The minimum Gasteiger partial charge on any atom is -0.469 e. The second-order valence-corrected chi connectivity index (χ2v) is 7.49. The fraction of sp³-hybridized carbons (Fsp3) is 0.941. The van der Waals surface area contributed by atoms with Crippen molar-refractivity contribution in [2.24, 2.45) is 28.9 Å². The molecule has 1 saturated carbocycles. The van der Waals surface area contributed by atoms with E-state index in [0.717, 1.165) is 12.3 Å². The molecule has 0 radical (unpaired) electrons. The second kappa shape index (κ2) is 7.44. The van der Waals surface area contributed by atoms with Crippen molar-refractivity contribution >= 4 is 5.97 Å². The van der Waals surface area contributed by atoms with Crippen LogP contribution in [0.15, 0.2) is 0 Å². The molecule has 0 heterocycles. The molecule has 3 nitrogen and oxygen atoms in total. The molecule has 2 unspecified atom stereocenters. The third-order valence-electron chi connectivity index (χ3n) is 5.25. The zero-order valence-electron chi connectivity index (χ0n) is 13.9. The van der Waals surface area contributed by atoms with E-state index in [1.807, 2.05) is 0 Å². The van der Waals surface area contributed by atoms with Crippen LogP contribution < -0.4 is 5.73 Å². The van der Waals surface area contributed by atoms with Crippen LogP contribution in [0, 0.1) is 23.2 Å². The highest BCUT2D eigenvalue weighted by Crippen LogP contribution is 2.43. The molecular weight excluding hydrogens is 250 g/mol. The first-order valence-electron chi connectivity index (χ1n) is 8.12. The normalized spacial score (nSPS) is 26.9. The summed E-state index contributed by atoms with van der Waals surface area (Å²) >= 11 is 0. The molecule has 0 saturated heterocycles. The predicted octanol–water partition coefficient (Wildman–Crippen LogP) is 3.76. The Kier molecular flexibility index (Phi) is 6.50. The van der Waals surface area contributed by atoms with Crippen molar-refractivity contribution in [2.45, 2.75) is 72.3 Å². The van der Waals surface area contributed by atoms with Crippen LogP contribution >= 0.6 is 0 Å². The lowest BCUT2D eigenvalue weighted by Gasteiger charge is -2.40. The molecule has 3 heteroatoms. The monoisotopic (exact) mass is 283 g/mol. The Morgan fingerprint density at radius 1 is 1.25 bits per heavy atom. The van der Waals surface area contributed by atoms with E-state index in [2.05, 4.69) is 27.7 Å². The van der Waals surface area contributed by atoms with Crippen molar-refractivity contribution in [1.82, 2.24) is 0 Å². The minimum atomic E-state index is -0.114. The number of nitrogens with two attached hydrogens (primary N) is 1. The van der Waals surface area contributed by atoms with Crippen LogP contribution in [0.4, 0.5) is 0 Å². The summed E-state index contributed by atoms with van der Waals surface area (Å²) in [5, 5.41) is 0. The lowest BCUT2D eigenvalue weighted by molar-refractivity contribution is -0.142. The Morgan fingerprint density at radius 3 is 2.20 bits per heavy atom. The average molecular weight is 283 g/mol. The summed E-state index contributed by atoms with van der Waals surface area (Å²) in [6.07, 6.45) is 6.36. The van der Waals surface area contributed by atoms with Gasteiger partial charge in [0.15, 0.2) is 0 Å². The molecule has 118 valence electrons. The van der Waals surface area contributed by atoms with Crippen LogP contribution in [0.2, 0.25) is 0 Å². The number of carbonyl (C=O) groups is 1. The zero-order valence-corrected chi connectivity index (χ0v) is 13.9. The lowest BCUT2D eigenvalue weighted by Crippen LogP contribution is -2.39. The van der Waals surface area contributed by atoms with Crippen LogP contribution in [0.3, 0.4) is 0 Å². The van der Waals surface area contributed by atoms with Gasteiger partial charge in [0.25, 0.3) is 0 Å². The maximum atomic E-state index is 11.6. The highest BCUT2D eigenvalue weighted by molar-refractivity contribution is 5.69. The van der Waals surface area contributed by atoms with E-state index in [-0.39, 0.29) is 17.9 Å². The summed E-state index contributed by atoms with van der Waals surface area (Å²) in [5.74, 6) is 1.56. The molecule has 0 amide bonds. The van der Waals surface area contributed by atoms with Crippen molar-refractivity contribution in [3.8, 4) is 0 Å². The lowest BCUT2D eigenvalue weighted by atomic mass is 9.66. The molecule has 1 rings (SSSR count). The number of hydrogen-bond donors (Lipinski definition) is 1. The Morgan fingerprint density at radius 2 is 1.80 bits per heavy atom. The van der Waals surface area contributed by atoms with E-state index < -0.39 is 0 Å². The second-order valence-electron chi connectivity index (χ2n) is 7.49. The first-order valence-corrected chi connectivity index (χ1v) is 8.12. The van der Waals surface area contributed by atoms with Gasteiger partial charge in [-0.2, -0.15) is 0 Å². The minimum absolute atomic E-state index is 0.114. The largest absolute Gasteiger partial charge is 0.469 e. The molecule has 2 atom stereocenters. The van der Waals surface area contributed by atoms with E-state index in [0.29, 0.717) is 17.8 Å². The molecule has 0 spiro atoms. The molecular formula is C17H33NO2. The zero-order chi connectivity index (χ0) is 15.3. The summed E-state index contributed by atoms with van der Waals surface area (Å²) in [6, 6.07) is 0.116. The van der Waals surface area contributed by atoms with E-state index in [1.165, 1.54) is 32.8 Å². The number of rotatable bonds is 5. The number of ether oxygens (including phenoxy) is 1. The summed E-state index contributed by atoms with van der Waals surface area (Å²) in [4.78, 5) is 11.6. The molecule has 0 aromatic rings. The highest BCUT2D eigenvalue weighted by atomic mass is 16.5. The number of esters is 1. The standard InChI is InChI=1S/C17H33NO2/c1-6-15(18)14(11-16(19)20-5)12-7-9-13(10-8-12)17(2,3)4/h12-15H,6-11,18H2,1-5H3. The summed E-state index contributed by atoms with van der Waals surface area (Å²) in [6.45, 7) is 9.11. The van der Waals surface area contributed by atoms with Gasteiger partial charge < -0.3 is 10.5 Å². The third kappa shape index (κ3) is 4.76. The molecule has 0 aromatic carbocycles. The Labute approximate surface area is 124 Å². The van der Waals surface area contributed by atoms with Crippen LogP contribution in [0.25, 0.3) is 0 Å². The van der Waals surface area contributed by atoms with Crippen molar-refractivity contribution in [2.75, 3.05) is 7.11 Å². The van der Waals surface area contributed by atoms with Gasteiger partial charge in [0.1, 0.15) is 0 Å². The fourth-order valence-corrected chi connectivity index (χ4v) is 3.66. The van der Waals surface area contributed by atoms with Gasteiger partial charge in [0.05, 0.1) is 13.5 Å². The molecule has 0 aromatic heterocycles. The SMILES string of the molecule is CCC(N)C(CC(=O)OC)C1CCC(C(C)(C)C)CC1. The third-order valence-corrected chi connectivity index (χ3v) is 5.25. The summed E-state index contributed by atoms with van der Waals surface area (Å²) < 4.78 is 4.85. The Hall–Kier alpha value is -0.570. The van der Waals surface area contributed by atoms with Gasteiger partial charge in [-0.3, -0.25) is 4.79 Å². The molecule has 20 heavy (non-hydrogen) atoms. The van der Waals surface area contributed by atoms with Gasteiger partial charge in [-0.15, -0.1) is 0 Å². The smallest absolute Gasteiger partial charge is 0.305 e. The van der Waals surface area contributed by atoms with E-state index in [9.17, 15) is 4.79 Å². The van der Waals surface area contributed by atoms with Gasteiger partial charge in [-0.25, -0.2) is 0 Å². The van der Waals surface area contributed by atoms with E-state index in [4.69, 9.17) is 10.5 Å². The van der Waals surface area contributed by atoms with Crippen LogP contribution in [-0.4, -0.2) is 19.1 Å². The quantitative estimate of drug-likeness (QED) is 0.782. The topological polar surface area (TPSA) is 52.3 Å². The summed E-state index contributed by atoms with van der Waals surface area (Å²) in [7, 11) is 1.47. The highest BCUT2D eigenvalue weighted by Gasteiger charge is 2.35. The Balaban J connectivity index is 2.63. The van der Waals surface area contributed by atoms with Crippen LogP contribution in [0.5, 0.6) is 0 Å². The van der Waals surface area contributed by atoms with Crippen molar-refractivity contribution in [3.05, 3.63) is 0 Å². The fourth-order valence-electron chi connectivity index (χ4n) is 3.66. The number of methoxy groups -OCH3 is 1. The molecule has 2 N–H and O–H groups in total.